The summed E-state index contributed by atoms with van der Waals surface area (Å²) < 4.78 is 32.5. The smallest absolute Gasteiger partial charge is 0.323 e. The molecule has 1 atom stereocenters. The number of amides is 2. The van der Waals surface area contributed by atoms with Gasteiger partial charge in [-0.25, -0.2) is 13.2 Å². The van der Waals surface area contributed by atoms with E-state index in [9.17, 15) is 13.2 Å². The van der Waals surface area contributed by atoms with Crippen LogP contribution in [0.4, 0.5) is 21.9 Å². The second kappa shape index (κ2) is 14.5. The quantitative estimate of drug-likeness (QED) is 0.171. The summed E-state index contributed by atoms with van der Waals surface area (Å²) in [5.41, 5.74) is 5.08. The number of methoxy groups -OCH3 is 1. The van der Waals surface area contributed by atoms with Gasteiger partial charge in [-0.1, -0.05) is 51.1 Å². The van der Waals surface area contributed by atoms with E-state index in [1.807, 2.05) is 71.4 Å². The summed E-state index contributed by atoms with van der Waals surface area (Å²) >= 11 is 0. The second-order valence-electron chi connectivity index (χ2n) is 13.6. The first-order valence-electron chi connectivity index (χ1n) is 16.1. The van der Waals surface area contributed by atoms with Gasteiger partial charge in [0.25, 0.3) is 0 Å². The molecule has 1 fully saturated rings. The number of anilines is 3. The van der Waals surface area contributed by atoms with Crippen LogP contribution in [0.15, 0.2) is 66.9 Å². The highest BCUT2D eigenvalue weighted by Crippen LogP contribution is 2.40. The number of pyridine rings is 1. The summed E-state index contributed by atoms with van der Waals surface area (Å²) in [6.45, 7) is 10.4. The molecule has 1 aliphatic heterocycles. The SMILES string of the molecule is COc1c(NC(=O)Nc2ccc(C(c3ccnc(CN(C)C)c3)N3CCNCC3)c3ccccc23)cc(C(C)(C)C)cc1NS(C)(=O)=O. The molecule has 1 aliphatic rings. The molecule has 0 radical (unpaired) electrons. The number of hydrogen-bond donors (Lipinski definition) is 4. The molecule has 4 N–H and O–H groups in total. The minimum absolute atomic E-state index is 0.00560. The van der Waals surface area contributed by atoms with E-state index >= 15 is 0 Å². The van der Waals surface area contributed by atoms with Crippen LogP contribution in [0.5, 0.6) is 5.75 Å². The number of rotatable bonds is 10. The highest BCUT2D eigenvalue weighted by atomic mass is 32.2. The number of carbonyl (C=O) groups excluding carboxylic acids is 1. The fourth-order valence-corrected chi connectivity index (χ4v) is 6.75. The summed E-state index contributed by atoms with van der Waals surface area (Å²) in [4.78, 5) is 22.9. The molecule has 0 spiro atoms. The van der Waals surface area contributed by atoms with Gasteiger partial charge in [0.2, 0.25) is 10.0 Å². The molecule has 11 nitrogen and oxygen atoms in total. The molecule has 0 saturated carbocycles. The summed E-state index contributed by atoms with van der Waals surface area (Å²) in [5.74, 6) is 0.216. The molecule has 0 bridgehead atoms. The third-order valence-corrected chi connectivity index (χ3v) is 8.95. The van der Waals surface area contributed by atoms with E-state index in [1.54, 1.807) is 6.07 Å². The standard InChI is InChI=1S/C36H47N7O4S/c1-36(2,3)25-21-31(34(47-6)32(22-25)41-48(7,45)46)40-35(44)39-30-13-12-29(27-10-8-9-11-28(27)30)33(43-18-16-37-17-19-43)24-14-15-38-26(20-24)23-42(4)5/h8-15,20-22,33,37,41H,16-19,23H2,1-7H3,(H2,39,40,44). The molecule has 0 aliphatic carbocycles. The predicted octanol–water partition coefficient (Wildman–Crippen LogP) is 5.61. The normalized spacial score (nSPS) is 14.9. The Bertz CT molecular complexity index is 1880. The first-order chi connectivity index (χ1) is 22.7. The van der Waals surface area contributed by atoms with Crippen molar-refractivity contribution in [2.75, 3.05) is 69.0 Å². The summed E-state index contributed by atoms with van der Waals surface area (Å²) in [5, 5.41) is 11.4. The van der Waals surface area contributed by atoms with E-state index < -0.39 is 16.1 Å². The van der Waals surface area contributed by atoms with Crippen LogP contribution >= 0.6 is 0 Å². The molecule has 5 rings (SSSR count). The third kappa shape index (κ3) is 8.43. The van der Waals surface area contributed by atoms with Crippen molar-refractivity contribution in [2.45, 2.75) is 38.8 Å². The minimum atomic E-state index is -3.61. The molecule has 2 heterocycles. The Hall–Kier alpha value is -4.23. The number of benzene rings is 3. The van der Waals surface area contributed by atoms with Gasteiger partial charge >= 0.3 is 6.03 Å². The molecule has 2 amide bonds. The Morgan fingerprint density at radius 1 is 0.979 bits per heavy atom. The average molecular weight is 674 g/mol. The van der Waals surface area contributed by atoms with E-state index in [0.717, 1.165) is 66.6 Å². The lowest BCUT2D eigenvalue weighted by atomic mass is 9.86. The van der Waals surface area contributed by atoms with E-state index in [0.29, 0.717) is 11.4 Å². The van der Waals surface area contributed by atoms with Gasteiger partial charge in [-0.05, 0) is 71.9 Å². The van der Waals surface area contributed by atoms with Crippen LogP contribution in [0.25, 0.3) is 10.8 Å². The van der Waals surface area contributed by atoms with Crippen LogP contribution in [0.1, 0.15) is 49.2 Å². The molecule has 12 heteroatoms. The number of aromatic nitrogens is 1. The summed E-state index contributed by atoms with van der Waals surface area (Å²) in [7, 11) is 1.92. The molecule has 1 aromatic heterocycles. The lowest BCUT2D eigenvalue weighted by molar-refractivity contribution is 0.199. The van der Waals surface area contributed by atoms with Crippen molar-refractivity contribution in [3.05, 3.63) is 89.2 Å². The fourth-order valence-electron chi connectivity index (χ4n) is 6.20. The van der Waals surface area contributed by atoms with Crippen molar-refractivity contribution >= 4 is 43.9 Å². The zero-order valence-corrected chi connectivity index (χ0v) is 29.7. The van der Waals surface area contributed by atoms with Gasteiger partial charge < -0.3 is 25.6 Å². The van der Waals surface area contributed by atoms with E-state index in [2.05, 4.69) is 59.7 Å². The Kier molecular flexibility index (Phi) is 10.6. The Labute approximate surface area is 284 Å². The van der Waals surface area contributed by atoms with Crippen LogP contribution in [0, 0.1) is 0 Å². The van der Waals surface area contributed by atoms with Crippen LogP contribution < -0.4 is 25.4 Å². The van der Waals surface area contributed by atoms with Crippen LogP contribution in [-0.4, -0.2) is 82.9 Å². The van der Waals surface area contributed by atoms with Crippen molar-refractivity contribution in [3.8, 4) is 5.75 Å². The first kappa shape index (κ1) is 35.1. The fraction of sp³-hybridized carbons (Fsp3) is 0.389. The van der Waals surface area contributed by atoms with Crippen molar-refractivity contribution in [1.82, 2.24) is 20.1 Å². The van der Waals surface area contributed by atoms with E-state index in [4.69, 9.17) is 4.74 Å². The Morgan fingerprint density at radius 2 is 1.65 bits per heavy atom. The van der Waals surface area contributed by atoms with E-state index in [-0.39, 0.29) is 22.9 Å². The third-order valence-electron chi connectivity index (χ3n) is 8.35. The number of urea groups is 1. The van der Waals surface area contributed by atoms with E-state index in [1.165, 1.54) is 12.7 Å². The van der Waals surface area contributed by atoms with Gasteiger partial charge in [0.15, 0.2) is 5.75 Å². The molecule has 256 valence electrons. The van der Waals surface area contributed by atoms with Gasteiger partial charge in [0.05, 0.1) is 42.2 Å². The lowest BCUT2D eigenvalue weighted by Gasteiger charge is -2.36. The maximum Gasteiger partial charge on any atom is 0.323 e. The molecule has 1 saturated heterocycles. The van der Waals surface area contributed by atoms with Crippen LogP contribution in [0.3, 0.4) is 0 Å². The van der Waals surface area contributed by atoms with Gasteiger partial charge in [0.1, 0.15) is 0 Å². The number of nitrogens with zero attached hydrogens (tertiary/aromatic N) is 3. The number of ether oxygens (including phenoxy) is 1. The number of piperazine rings is 1. The molecule has 1 unspecified atom stereocenters. The molecule has 4 aromatic rings. The second-order valence-corrected chi connectivity index (χ2v) is 15.3. The summed E-state index contributed by atoms with van der Waals surface area (Å²) in [6.07, 6.45) is 2.97. The number of nitrogens with one attached hydrogen (secondary N) is 4. The molecule has 3 aromatic carbocycles. The van der Waals surface area contributed by atoms with Crippen LogP contribution in [-0.2, 0) is 22.0 Å². The predicted molar refractivity (Wildman–Crippen MR) is 195 cm³/mol. The van der Waals surface area contributed by atoms with Gasteiger partial charge in [-0.15, -0.1) is 0 Å². The number of hydrogen-bond acceptors (Lipinski definition) is 8. The topological polar surface area (TPSA) is 128 Å². The highest BCUT2D eigenvalue weighted by Gasteiger charge is 2.27. The largest absolute Gasteiger partial charge is 0.492 e. The van der Waals surface area contributed by atoms with Crippen LogP contribution in [0.2, 0.25) is 0 Å². The minimum Gasteiger partial charge on any atom is -0.492 e. The number of carbonyl (C=O) groups is 1. The first-order valence-corrected chi connectivity index (χ1v) is 18.0. The molecular formula is C36H47N7O4S. The number of fused-ring (bicyclic) bond motifs is 1. The van der Waals surface area contributed by atoms with Crippen molar-refractivity contribution < 1.29 is 17.9 Å². The van der Waals surface area contributed by atoms with Crippen molar-refractivity contribution in [3.63, 3.8) is 0 Å². The Balaban J connectivity index is 1.52. The lowest BCUT2D eigenvalue weighted by Crippen LogP contribution is -2.45. The van der Waals surface area contributed by atoms with Crippen molar-refractivity contribution in [1.29, 1.82) is 0 Å². The van der Waals surface area contributed by atoms with Gasteiger partial charge in [-0.3, -0.25) is 14.6 Å². The molecular weight excluding hydrogens is 627 g/mol. The zero-order chi connectivity index (χ0) is 34.6. The van der Waals surface area contributed by atoms with Crippen molar-refractivity contribution in [2.24, 2.45) is 0 Å². The maximum absolute atomic E-state index is 13.6. The maximum atomic E-state index is 13.6. The van der Waals surface area contributed by atoms with Gasteiger partial charge in [-0.2, -0.15) is 0 Å². The molecule has 48 heavy (non-hydrogen) atoms. The highest BCUT2D eigenvalue weighted by molar-refractivity contribution is 7.92. The summed E-state index contributed by atoms with van der Waals surface area (Å²) in [6, 6.07) is 19.5. The number of sulfonamides is 1. The van der Waals surface area contributed by atoms with Gasteiger partial charge in [0, 0.05) is 44.3 Å². The monoisotopic (exact) mass is 673 g/mol. The zero-order valence-electron chi connectivity index (χ0n) is 28.8. The average Bonchev–Trinajstić information content (AvgIpc) is 3.01. The Morgan fingerprint density at radius 3 is 2.29 bits per heavy atom.